The number of nitrogens with zero attached hydrogens (tertiary/aromatic N) is 3. The van der Waals surface area contributed by atoms with E-state index in [1.807, 2.05) is 0 Å². The first kappa shape index (κ1) is 24.0. The van der Waals surface area contributed by atoms with Crippen molar-refractivity contribution in [1.29, 1.82) is 0 Å². The minimum Gasteiger partial charge on any atom is -0.384 e. The van der Waals surface area contributed by atoms with Gasteiger partial charge in [-0.3, -0.25) is 4.98 Å². The van der Waals surface area contributed by atoms with Gasteiger partial charge in [0.25, 0.3) is 0 Å². The average molecular weight is 478 g/mol. The number of aromatic nitrogens is 2. The van der Waals surface area contributed by atoms with Crippen LogP contribution in [0.1, 0.15) is 44.4 Å². The molecule has 2 heterocycles. The van der Waals surface area contributed by atoms with Crippen LogP contribution in [0.3, 0.4) is 0 Å². The lowest BCUT2D eigenvalue weighted by molar-refractivity contribution is 0.0734. The molecule has 1 saturated heterocycles. The van der Waals surface area contributed by atoms with Crippen molar-refractivity contribution in [3.05, 3.63) is 47.7 Å². The lowest BCUT2D eigenvalue weighted by atomic mass is 9.91. The molecule has 1 aromatic heterocycles. The predicted molar refractivity (Wildman–Crippen MR) is 123 cm³/mol. The molecule has 0 spiro atoms. The lowest BCUT2D eigenvalue weighted by Gasteiger charge is -2.33. The molecule has 0 amide bonds. The minimum atomic E-state index is -3.42. The highest BCUT2D eigenvalue weighted by atomic mass is 32.2. The summed E-state index contributed by atoms with van der Waals surface area (Å²) in [6.07, 6.45) is 7.78. The van der Waals surface area contributed by atoms with E-state index in [4.69, 9.17) is 4.74 Å². The summed E-state index contributed by atoms with van der Waals surface area (Å²) < 4.78 is 43.0. The molecule has 0 radical (unpaired) electrons. The van der Waals surface area contributed by atoms with E-state index >= 15 is 0 Å². The van der Waals surface area contributed by atoms with Crippen LogP contribution in [0.4, 0.5) is 10.2 Å². The molecule has 7 nitrogen and oxygen atoms in total. The molecule has 1 N–H and O–H groups in total. The summed E-state index contributed by atoms with van der Waals surface area (Å²) in [7, 11) is -3.42. The van der Waals surface area contributed by atoms with Crippen molar-refractivity contribution in [2.24, 2.45) is 17.8 Å². The molecule has 0 unspecified atom stereocenters. The second kappa shape index (κ2) is 9.27. The Labute approximate surface area is 194 Å². The number of sulfone groups is 1. The van der Waals surface area contributed by atoms with E-state index in [1.54, 1.807) is 26.2 Å². The molecule has 2 aromatic rings. The van der Waals surface area contributed by atoms with Gasteiger partial charge in [-0.2, -0.15) is 0 Å². The lowest BCUT2D eigenvalue weighted by Crippen LogP contribution is -2.35. The van der Waals surface area contributed by atoms with E-state index in [9.17, 15) is 17.9 Å². The van der Waals surface area contributed by atoms with Gasteiger partial charge >= 0.3 is 0 Å². The summed E-state index contributed by atoms with van der Waals surface area (Å²) in [5, 5.41) is 10.0. The maximum Gasteiger partial charge on any atom is 0.175 e. The number of ether oxygens (including phenoxy) is 1. The van der Waals surface area contributed by atoms with E-state index in [2.05, 4.69) is 14.9 Å². The first-order chi connectivity index (χ1) is 15.5. The zero-order valence-electron chi connectivity index (χ0n) is 19.4. The van der Waals surface area contributed by atoms with Gasteiger partial charge < -0.3 is 14.7 Å². The SMILES string of the molecule is CC(C)(O)c1cnc(N2CCC([C@H]3C[C@H]3COCc3ccc(S(C)(=O)=O)cc3F)CC2)cn1. The van der Waals surface area contributed by atoms with Crippen LogP contribution in [0.5, 0.6) is 0 Å². The molecule has 1 saturated carbocycles. The van der Waals surface area contributed by atoms with Gasteiger partial charge in [-0.15, -0.1) is 0 Å². The fourth-order valence-corrected chi connectivity index (χ4v) is 5.23. The molecule has 0 bridgehead atoms. The van der Waals surface area contributed by atoms with E-state index < -0.39 is 21.3 Å². The Bertz CT molecular complexity index is 1080. The van der Waals surface area contributed by atoms with Gasteiger partial charge in [0.2, 0.25) is 0 Å². The van der Waals surface area contributed by atoms with Gasteiger partial charge in [0, 0.05) is 24.9 Å². The smallest absolute Gasteiger partial charge is 0.175 e. The first-order valence-electron chi connectivity index (χ1n) is 11.4. The number of halogens is 1. The number of aliphatic hydroxyl groups is 1. The molecule has 2 aliphatic rings. The standard InChI is InChI=1S/C24H32FN3O4S/c1-24(2,29)22-12-27-23(13-26-22)28-8-6-16(7-9-28)20-10-18(20)15-32-14-17-4-5-19(11-21(17)25)33(3,30)31/h4-5,11-13,16,18,20,29H,6-10,14-15H2,1-3H3/t18-,20+/m0/s1. The summed E-state index contributed by atoms with van der Waals surface area (Å²) in [6, 6.07) is 3.97. The fourth-order valence-electron chi connectivity index (χ4n) is 4.59. The molecule has 1 aliphatic heterocycles. The molecule has 2 fully saturated rings. The van der Waals surface area contributed by atoms with Gasteiger partial charge in [-0.25, -0.2) is 17.8 Å². The molecule has 2 atom stereocenters. The van der Waals surface area contributed by atoms with Crippen LogP contribution >= 0.6 is 0 Å². The summed E-state index contributed by atoms with van der Waals surface area (Å²) in [5.74, 6) is 2.11. The van der Waals surface area contributed by atoms with E-state index in [0.29, 0.717) is 35.6 Å². The van der Waals surface area contributed by atoms with Crippen LogP contribution in [-0.4, -0.2) is 49.4 Å². The summed E-state index contributed by atoms with van der Waals surface area (Å²) in [5.41, 5.74) is -0.0507. The molecule has 1 aliphatic carbocycles. The van der Waals surface area contributed by atoms with Crippen molar-refractivity contribution in [3.8, 4) is 0 Å². The highest BCUT2D eigenvalue weighted by Gasteiger charge is 2.43. The fraction of sp³-hybridized carbons (Fsp3) is 0.583. The molecular weight excluding hydrogens is 445 g/mol. The van der Waals surface area contributed by atoms with Gasteiger partial charge in [0.05, 0.1) is 36.2 Å². The number of rotatable bonds is 8. The van der Waals surface area contributed by atoms with Crippen molar-refractivity contribution in [2.75, 3.05) is 30.9 Å². The van der Waals surface area contributed by atoms with Crippen molar-refractivity contribution < 1.29 is 22.7 Å². The molecule has 9 heteroatoms. The summed E-state index contributed by atoms with van der Waals surface area (Å²) in [6.45, 7) is 6.01. The average Bonchev–Trinajstić information content (AvgIpc) is 3.53. The Kier molecular flexibility index (Phi) is 6.75. The van der Waals surface area contributed by atoms with Crippen LogP contribution in [0.15, 0.2) is 35.5 Å². The van der Waals surface area contributed by atoms with Gasteiger partial charge in [-0.05, 0) is 63.0 Å². The van der Waals surface area contributed by atoms with Crippen molar-refractivity contribution in [2.45, 2.75) is 50.2 Å². The Hall–Kier alpha value is -2.10. The van der Waals surface area contributed by atoms with Crippen molar-refractivity contribution in [3.63, 3.8) is 0 Å². The number of hydrogen-bond donors (Lipinski definition) is 1. The first-order valence-corrected chi connectivity index (χ1v) is 13.3. The van der Waals surface area contributed by atoms with Crippen LogP contribution in [-0.2, 0) is 26.8 Å². The minimum absolute atomic E-state index is 0.0171. The van der Waals surface area contributed by atoms with E-state index in [-0.39, 0.29) is 11.5 Å². The van der Waals surface area contributed by atoms with Gasteiger partial charge in [0.15, 0.2) is 9.84 Å². The summed E-state index contributed by atoms with van der Waals surface area (Å²) >= 11 is 0. The summed E-state index contributed by atoms with van der Waals surface area (Å²) in [4.78, 5) is 11.1. The topological polar surface area (TPSA) is 92.6 Å². The number of benzene rings is 1. The largest absolute Gasteiger partial charge is 0.384 e. The Morgan fingerprint density at radius 3 is 2.52 bits per heavy atom. The van der Waals surface area contributed by atoms with Crippen LogP contribution < -0.4 is 4.90 Å². The zero-order valence-corrected chi connectivity index (χ0v) is 20.2. The molecule has 33 heavy (non-hydrogen) atoms. The number of piperidine rings is 1. The van der Waals surface area contributed by atoms with E-state index in [1.165, 1.54) is 12.1 Å². The molecule has 1 aromatic carbocycles. The third-order valence-corrected chi connectivity index (χ3v) is 7.86. The highest BCUT2D eigenvalue weighted by molar-refractivity contribution is 7.90. The Morgan fingerprint density at radius 1 is 1.21 bits per heavy atom. The zero-order chi connectivity index (χ0) is 23.8. The highest BCUT2D eigenvalue weighted by Crippen LogP contribution is 2.48. The molecule has 4 rings (SSSR count). The second-order valence-corrected chi connectivity index (χ2v) is 11.9. The van der Waals surface area contributed by atoms with Crippen molar-refractivity contribution >= 4 is 15.7 Å². The van der Waals surface area contributed by atoms with Crippen LogP contribution in [0.25, 0.3) is 0 Å². The Balaban J connectivity index is 1.20. The molecular formula is C24H32FN3O4S. The normalized spacial score (nSPS) is 21.9. The van der Waals surface area contributed by atoms with Gasteiger partial charge in [0.1, 0.15) is 17.2 Å². The second-order valence-electron chi connectivity index (χ2n) is 9.84. The quantitative estimate of drug-likeness (QED) is 0.623. The van der Waals surface area contributed by atoms with Gasteiger partial charge in [-0.1, -0.05) is 6.07 Å². The maximum absolute atomic E-state index is 14.2. The molecule has 180 valence electrons. The van der Waals surface area contributed by atoms with Crippen LogP contribution in [0, 0.1) is 23.6 Å². The number of anilines is 1. The predicted octanol–water partition coefficient (Wildman–Crippen LogP) is 3.32. The third kappa shape index (κ3) is 5.88. The third-order valence-electron chi connectivity index (χ3n) is 6.75. The maximum atomic E-state index is 14.2. The van der Waals surface area contributed by atoms with E-state index in [0.717, 1.165) is 50.5 Å². The Morgan fingerprint density at radius 2 is 1.94 bits per heavy atom. The van der Waals surface area contributed by atoms with Crippen molar-refractivity contribution in [1.82, 2.24) is 9.97 Å². The monoisotopic (exact) mass is 477 g/mol. The number of hydrogen-bond acceptors (Lipinski definition) is 7. The van der Waals surface area contributed by atoms with Crippen LogP contribution in [0.2, 0.25) is 0 Å².